The SMILES string of the molecule is Cc1nc(I)c2nc(I)c(C)n2n1. The first-order chi connectivity index (χ1) is 6.09. The molecule has 2 aromatic heterocycles. The van der Waals surface area contributed by atoms with Gasteiger partial charge in [-0.15, -0.1) is 0 Å². The zero-order valence-corrected chi connectivity index (χ0v) is 11.4. The number of hydrogen-bond acceptors (Lipinski definition) is 3. The fourth-order valence-corrected chi connectivity index (χ4v) is 2.24. The molecule has 0 atom stereocenters. The van der Waals surface area contributed by atoms with E-state index in [4.69, 9.17) is 0 Å². The molecule has 0 saturated carbocycles. The Hall–Kier alpha value is 0.01000. The zero-order valence-electron chi connectivity index (χ0n) is 7.04. The Kier molecular flexibility index (Phi) is 2.43. The molecule has 0 spiro atoms. The monoisotopic (exact) mass is 400 g/mol. The van der Waals surface area contributed by atoms with Crippen LogP contribution in [-0.2, 0) is 0 Å². The first-order valence-corrected chi connectivity index (χ1v) is 5.80. The summed E-state index contributed by atoms with van der Waals surface area (Å²) in [5.41, 5.74) is 1.91. The van der Waals surface area contributed by atoms with Gasteiger partial charge in [0, 0.05) is 0 Å². The van der Waals surface area contributed by atoms with Gasteiger partial charge in [-0.25, -0.2) is 14.5 Å². The minimum absolute atomic E-state index is 0.772. The van der Waals surface area contributed by atoms with E-state index in [0.717, 1.165) is 24.6 Å². The number of rotatable bonds is 0. The molecule has 6 heteroatoms. The minimum Gasteiger partial charge on any atom is -0.221 e. The summed E-state index contributed by atoms with van der Waals surface area (Å²) in [6.07, 6.45) is 0. The quantitative estimate of drug-likeness (QED) is 0.636. The van der Waals surface area contributed by atoms with Crippen molar-refractivity contribution in [2.24, 2.45) is 0 Å². The Balaban J connectivity index is 2.94. The van der Waals surface area contributed by atoms with Crippen molar-refractivity contribution >= 4 is 50.8 Å². The van der Waals surface area contributed by atoms with Gasteiger partial charge in [-0.3, -0.25) is 0 Å². The second-order valence-corrected chi connectivity index (χ2v) is 4.72. The number of imidazole rings is 1. The smallest absolute Gasteiger partial charge is 0.187 e. The third-order valence-electron chi connectivity index (χ3n) is 1.71. The molecule has 0 aliphatic carbocycles. The lowest BCUT2D eigenvalue weighted by atomic mass is 10.6. The predicted molar refractivity (Wildman–Crippen MR) is 65.7 cm³/mol. The Morgan fingerprint density at radius 3 is 2.46 bits per heavy atom. The summed E-state index contributed by atoms with van der Waals surface area (Å²) in [6, 6.07) is 0. The van der Waals surface area contributed by atoms with Crippen LogP contribution in [0.5, 0.6) is 0 Å². The lowest BCUT2D eigenvalue weighted by molar-refractivity contribution is 0.819. The van der Waals surface area contributed by atoms with Crippen molar-refractivity contribution < 1.29 is 0 Å². The van der Waals surface area contributed by atoms with E-state index in [2.05, 4.69) is 60.2 Å². The van der Waals surface area contributed by atoms with Crippen molar-refractivity contribution in [1.82, 2.24) is 19.6 Å². The van der Waals surface area contributed by atoms with Gasteiger partial charge in [-0.1, -0.05) is 0 Å². The lowest BCUT2D eigenvalue weighted by Crippen LogP contribution is -2.01. The van der Waals surface area contributed by atoms with Crippen LogP contribution in [0.4, 0.5) is 0 Å². The van der Waals surface area contributed by atoms with E-state index in [9.17, 15) is 0 Å². The molecule has 4 nitrogen and oxygen atoms in total. The van der Waals surface area contributed by atoms with Crippen LogP contribution in [0.2, 0.25) is 0 Å². The summed E-state index contributed by atoms with van der Waals surface area (Å²) in [4.78, 5) is 8.62. The Morgan fingerprint density at radius 1 is 1.08 bits per heavy atom. The van der Waals surface area contributed by atoms with Gasteiger partial charge in [-0.2, -0.15) is 5.10 Å². The van der Waals surface area contributed by atoms with Crippen molar-refractivity contribution in [2.75, 3.05) is 0 Å². The van der Waals surface area contributed by atoms with Crippen LogP contribution in [0.25, 0.3) is 5.65 Å². The molecule has 0 bridgehead atoms. The maximum atomic E-state index is 4.37. The minimum atomic E-state index is 0.772. The van der Waals surface area contributed by atoms with Crippen LogP contribution in [0.1, 0.15) is 11.5 Å². The zero-order chi connectivity index (χ0) is 9.59. The molecule has 2 rings (SSSR count). The number of halogens is 2. The van der Waals surface area contributed by atoms with E-state index in [-0.39, 0.29) is 0 Å². The number of aromatic nitrogens is 4. The van der Waals surface area contributed by atoms with Gasteiger partial charge in [0.05, 0.1) is 5.69 Å². The van der Waals surface area contributed by atoms with E-state index in [1.54, 1.807) is 0 Å². The highest BCUT2D eigenvalue weighted by atomic mass is 127. The molecule has 0 saturated heterocycles. The topological polar surface area (TPSA) is 43.1 Å². The molecular formula is C7H6I2N4. The molecule has 2 heterocycles. The van der Waals surface area contributed by atoms with E-state index < -0.39 is 0 Å². The summed E-state index contributed by atoms with van der Waals surface area (Å²) >= 11 is 4.38. The molecule has 2 aromatic rings. The normalized spacial score (nSPS) is 11.1. The van der Waals surface area contributed by atoms with Gasteiger partial charge in [0.1, 0.15) is 13.2 Å². The summed E-state index contributed by atoms with van der Waals surface area (Å²) < 4.78 is 3.72. The summed E-state index contributed by atoms with van der Waals surface area (Å²) in [6.45, 7) is 3.89. The highest BCUT2D eigenvalue weighted by molar-refractivity contribution is 14.1. The Bertz CT molecular complexity index is 477. The van der Waals surface area contributed by atoms with Crippen molar-refractivity contribution in [2.45, 2.75) is 13.8 Å². The standard InChI is InChI=1S/C7H6I2N4/c1-3-5(8)11-7-6(9)10-4(2)12-13(3)7/h1-2H3. The average molecular weight is 400 g/mol. The van der Waals surface area contributed by atoms with Crippen LogP contribution in [0.3, 0.4) is 0 Å². The largest absolute Gasteiger partial charge is 0.221 e. The van der Waals surface area contributed by atoms with E-state index in [1.807, 2.05) is 18.4 Å². The third kappa shape index (κ3) is 1.53. The van der Waals surface area contributed by atoms with Crippen LogP contribution < -0.4 is 0 Å². The van der Waals surface area contributed by atoms with Crippen LogP contribution in [0, 0.1) is 21.2 Å². The van der Waals surface area contributed by atoms with Gasteiger partial charge in [-0.05, 0) is 59.0 Å². The molecule has 68 valence electrons. The molecule has 0 unspecified atom stereocenters. The van der Waals surface area contributed by atoms with Crippen molar-refractivity contribution in [3.05, 3.63) is 18.9 Å². The fourth-order valence-electron chi connectivity index (χ4n) is 1.08. The van der Waals surface area contributed by atoms with Crippen molar-refractivity contribution in [3.63, 3.8) is 0 Å². The maximum absolute atomic E-state index is 4.37. The molecule has 0 amide bonds. The number of nitrogens with zero attached hydrogens (tertiary/aromatic N) is 4. The molecule has 0 aromatic carbocycles. The highest BCUT2D eigenvalue weighted by Crippen LogP contribution is 2.15. The fraction of sp³-hybridized carbons (Fsp3) is 0.286. The van der Waals surface area contributed by atoms with Gasteiger partial charge >= 0.3 is 0 Å². The number of aryl methyl sites for hydroxylation is 2. The van der Waals surface area contributed by atoms with Crippen LogP contribution in [0.15, 0.2) is 0 Å². The summed E-state index contributed by atoms with van der Waals surface area (Å²) in [7, 11) is 0. The van der Waals surface area contributed by atoms with Gasteiger partial charge in [0.15, 0.2) is 5.65 Å². The van der Waals surface area contributed by atoms with Crippen LogP contribution >= 0.6 is 45.2 Å². The molecule has 0 N–H and O–H groups in total. The lowest BCUT2D eigenvalue weighted by Gasteiger charge is -1.97. The molecular weight excluding hydrogens is 394 g/mol. The van der Waals surface area contributed by atoms with Crippen molar-refractivity contribution in [1.29, 1.82) is 0 Å². The molecule has 0 fully saturated rings. The molecule has 0 radical (unpaired) electrons. The number of fused-ring (bicyclic) bond motifs is 1. The highest BCUT2D eigenvalue weighted by Gasteiger charge is 2.10. The molecule has 0 aliphatic rings. The van der Waals surface area contributed by atoms with Gasteiger partial charge in [0.2, 0.25) is 0 Å². The molecule has 0 aliphatic heterocycles. The average Bonchev–Trinajstić information content (AvgIpc) is 2.32. The van der Waals surface area contributed by atoms with E-state index in [0.29, 0.717) is 0 Å². The first-order valence-electron chi connectivity index (χ1n) is 3.64. The summed E-state index contributed by atoms with van der Waals surface area (Å²) in [5.74, 6) is 0.772. The van der Waals surface area contributed by atoms with Gasteiger partial charge in [0.25, 0.3) is 0 Å². The third-order valence-corrected chi connectivity index (χ3v) is 3.46. The van der Waals surface area contributed by atoms with E-state index in [1.165, 1.54) is 0 Å². The van der Waals surface area contributed by atoms with Crippen molar-refractivity contribution in [3.8, 4) is 0 Å². The Labute approximate surface area is 102 Å². The predicted octanol–water partition coefficient (Wildman–Crippen LogP) is 1.95. The van der Waals surface area contributed by atoms with E-state index >= 15 is 0 Å². The first kappa shape index (κ1) is 9.56. The number of hydrogen-bond donors (Lipinski definition) is 0. The van der Waals surface area contributed by atoms with Gasteiger partial charge < -0.3 is 0 Å². The maximum Gasteiger partial charge on any atom is 0.187 e. The second kappa shape index (κ2) is 3.30. The molecule has 13 heavy (non-hydrogen) atoms. The van der Waals surface area contributed by atoms with Crippen LogP contribution in [-0.4, -0.2) is 19.6 Å². The Morgan fingerprint density at radius 2 is 1.77 bits per heavy atom. The summed E-state index contributed by atoms with van der Waals surface area (Å²) in [5, 5.41) is 4.29. The second-order valence-electron chi connectivity index (χ2n) is 2.67.